The highest BCUT2D eigenvalue weighted by Gasteiger charge is 2.13. The van der Waals surface area contributed by atoms with E-state index in [0.717, 1.165) is 0 Å². The van der Waals surface area contributed by atoms with Crippen LogP contribution in [0.2, 0.25) is 0 Å². The van der Waals surface area contributed by atoms with Crippen LogP contribution >= 0.6 is 0 Å². The van der Waals surface area contributed by atoms with Crippen molar-refractivity contribution in [3.8, 4) is 0 Å². The van der Waals surface area contributed by atoms with Gasteiger partial charge in [0.15, 0.2) is 0 Å². The zero-order chi connectivity index (χ0) is 13.5. The van der Waals surface area contributed by atoms with Gasteiger partial charge in [-0.2, -0.15) is 0 Å². The van der Waals surface area contributed by atoms with E-state index in [9.17, 15) is 14.9 Å². The predicted molar refractivity (Wildman–Crippen MR) is 67.3 cm³/mol. The smallest absolute Gasteiger partial charge is 0.311 e. The van der Waals surface area contributed by atoms with Crippen molar-refractivity contribution in [2.75, 3.05) is 11.9 Å². The van der Waals surface area contributed by atoms with Crippen LogP contribution in [0.25, 0.3) is 0 Å². The van der Waals surface area contributed by atoms with Gasteiger partial charge in [-0.15, -0.1) is 0 Å². The number of amides is 1. The van der Waals surface area contributed by atoms with Gasteiger partial charge < -0.3 is 10.6 Å². The van der Waals surface area contributed by atoms with Crippen molar-refractivity contribution >= 4 is 17.4 Å². The molecule has 0 aromatic carbocycles. The molecule has 0 radical (unpaired) electrons. The highest BCUT2D eigenvalue weighted by molar-refractivity contribution is 5.76. The highest BCUT2D eigenvalue weighted by atomic mass is 16.6. The molecule has 2 N–H and O–H groups in total. The number of carbonyl (C=O) groups is 1. The van der Waals surface area contributed by atoms with Crippen molar-refractivity contribution in [1.82, 2.24) is 10.3 Å². The van der Waals surface area contributed by atoms with Gasteiger partial charge in [0.25, 0.3) is 0 Å². The Morgan fingerprint density at radius 1 is 1.56 bits per heavy atom. The highest BCUT2D eigenvalue weighted by Crippen LogP contribution is 2.19. The molecule has 1 amide bonds. The third-order valence-electron chi connectivity index (χ3n) is 2.08. The quantitative estimate of drug-likeness (QED) is 0.587. The van der Waals surface area contributed by atoms with E-state index in [4.69, 9.17) is 0 Å². The molecule has 7 nitrogen and oxygen atoms in total. The standard InChI is InChI=1S/C11H16N4O3/c1-8(2)14-10(16)5-7-13-11-9(15(17)18)4-3-6-12-11/h3-4,6,8H,5,7H2,1-2H3,(H,12,13)(H,14,16). The van der Waals surface area contributed by atoms with Crippen molar-refractivity contribution in [3.63, 3.8) is 0 Å². The molecule has 0 aliphatic carbocycles. The van der Waals surface area contributed by atoms with E-state index in [1.165, 1.54) is 18.3 Å². The summed E-state index contributed by atoms with van der Waals surface area (Å²) in [5.74, 6) is 0.0796. The molecule has 0 saturated heterocycles. The first-order valence-corrected chi connectivity index (χ1v) is 5.63. The number of pyridine rings is 1. The van der Waals surface area contributed by atoms with Crippen LogP contribution in [0.3, 0.4) is 0 Å². The summed E-state index contributed by atoms with van der Waals surface area (Å²) >= 11 is 0. The number of hydrogen-bond donors (Lipinski definition) is 2. The third kappa shape index (κ3) is 4.36. The average Bonchev–Trinajstić information content (AvgIpc) is 2.28. The summed E-state index contributed by atoms with van der Waals surface area (Å²) in [6.45, 7) is 4.04. The van der Waals surface area contributed by atoms with Crippen LogP contribution in [0.15, 0.2) is 18.3 Å². The number of hydrogen-bond acceptors (Lipinski definition) is 5. The summed E-state index contributed by atoms with van der Waals surface area (Å²) in [6.07, 6.45) is 1.70. The van der Waals surface area contributed by atoms with Crippen LogP contribution in [0, 0.1) is 10.1 Å². The summed E-state index contributed by atoms with van der Waals surface area (Å²) in [6, 6.07) is 2.94. The van der Waals surface area contributed by atoms with E-state index < -0.39 is 4.92 Å². The van der Waals surface area contributed by atoms with Gasteiger partial charge in [0.2, 0.25) is 11.7 Å². The first-order valence-electron chi connectivity index (χ1n) is 5.63. The van der Waals surface area contributed by atoms with Gasteiger partial charge in [-0.1, -0.05) is 0 Å². The van der Waals surface area contributed by atoms with Gasteiger partial charge in [0.1, 0.15) is 0 Å². The molecule has 1 aromatic rings. The number of aromatic nitrogens is 1. The molecule has 1 heterocycles. The maximum Gasteiger partial charge on any atom is 0.311 e. The minimum absolute atomic E-state index is 0.0849. The van der Waals surface area contributed by atoms with E-state index in [2.05, 4.69) is 15.6 Å². The van der Waals surface area contributed by atoms with Gasteiger partial charge in [-0.25, -0.2) is 4.98 Å². The Morgan fingerprint density at radius 2 is 2.28 bits per heavy atom. The fraction of sp³-hybridized carbons (Fsp3) is 0.455. The molecule has 0 unspecified atom stereocenters. The summed E-state index contributed by atoms with van der Waals surface area (Å²) < 4.78 is 0. The number of nitrogens with one attached hydrogen (secondary N) is 2. The summed E-state index contributed by atoms with van der Waals surface area (Å²) in [5.41, 5.74) is -0.0956. The van der Waals surface area contributed by atoms with E-state index in [0.29, 0.717) is 6.54 Å². The van der Waals surface area contributed by atoms with E-state index in [1.54, 1.807) is 0 Å². The summed E-state index contributed by atoms with van der Waals surface area (Å²) in [5, 5.41) is 16.2. The van der Waals surface area contributed by atoms with Crippen molar-refractivity contribution in [3.05, 3.63) is 28.4 Å². The van der Waals surface area contributed by atoms with Crippen molar-refractivity contribution in [2.24, 2.45) is 0 Å². The van der Waals surface area contributed by atoms with E-state index >= 15 is 0 Å². The second-order valence-corrected chi connectivity index (χ2v) is 4.03. The molecule has 1 aromatic heterocycles. The van der Waals surface area contributed by atoms with Crippen LogP contribution in [-0.2, 0) is 4.79 Å². The van der Waals surface area contributed by atoms with Crippen LogP contribution < -0.4 is 10.6 Å². The fourth-order valence-corrected chi connectivity index (χ4v) is 1.37. The van der Waals surface area contributed by atoms with Crippen molar-refractivity contribution < 1.29 is 9.72 Å². The normalized spacial score (nSPS) is 10.2. The topological polar surface area (TPSA) is 97.2 Å². The lowest BCUT2D eigenvalue weighted by atomic mass is 10.3. The van der Waals surface area contributed by atoms with Crippen LogP contribution in [0.5, 0.6) is 0 Å². The Hall–Kier alpha value is -2.18. The fourth-order valence-electron chi connectivity index (χ4n) is 1.37. The molecule has 0 atom stereocenters. The third-order valence-corrected chi connectivity index (χ3v) is 2.08. The van der Waals surface area contributed by atoms with Gasteiger partial charge >= 0.3 is 5.69 Å². The zero-order valence-electron chi connectivity index (χ0n) is 10.3. The number of rotatable bonds is 6. The average molecular weight is 252 g/mol. The molecule has 0 aliphatic heterocycles. The second-order valence-electron chi connectivity index (χ2n) is 4.03. The lowest BCUT2D eigenvalue weighted by molar-refractivity contribution is -0.384. The largest absolute Gasteiger partial charge is 0.364 e. The first kappa shape index (κ1) is 13.9. The lowest BCUT2D eigenvalue weighted by Gasteiger charge is -2.09. The van der Waals surface area contributed by atoms with E-state index in [-0.39, 0.29) is 29.9 Å². The lowest BCUT2D eigenvalue weighted by Crippen LogP contribution is -2.31. The molecule has 7 heteroatoms. The summed E-state index contributed by atoms with van der Waals surface area (Å²) in [7, 11) is 0. The van der Waals surface area contributed by atoms with Crippen LogP contribution in [-0.4, -0.2) is 28.4 Å². The zero-order valence-corrected chi connectivity index (χ0v) is 10.3. The minimum Gasteiger partial charge on any atom is -0.364 e. The molecule has 98 valence electrons. The Labute approximate surface area is 105 Å². The Kier molecular flexibility index (Phi) is 5.04. The molecule has 1 rings (SSSR count). The maximum absolute atomic E-state index is 11.4. The van der Waals surface area contributed by atoms with Gasteiger partial charge in [0, 0.05) is 31.3 Å². The maximum atomic E-state index is 11.4. The minimum atomic E-state index is -0.510. The monoisotopic (exact) mass is 252 g/mol. The Balaban J connectivity index is 2.49. The molecule has 18 heavy (non-hydrogen) atoms. The van der Waals surface area contributed by atoms with Gasteiger partial charge in [-0.05, 0) is 19.9 Å². The Morgan fingerprint density at radius 3 is 2.89 bits per heavy atom. The molecule has 0 fully saturated rings. The number of nitro groups is 1. The second kappa shape index (κ2) is 6.53. The predicted octanol–water partition coefficient (Wildman–Crippen LogP) is 1.32. The molecule has 0 saturated carbocycles. The molecular formula is C11H16N4O3. The number of anilines is 1. The van der Waals surface area contributed by atoms with Crippen LogP contribution in [0.1, 0.15) is 20.3 Å². The number of nitrogens with zero attached hydrogens (tertiary/aromatic N) is 2. The van der Waals surface area contributed by atoms with Crippen LogP contribution in [0.4, 0.5) is 11.5 Å². The molecule has 0 spiro atoms. The van der Waals surface area contributed by atoms with Gasteiger partial charge in [-0.3, -0.25) is 14.9 Å². The molecular weight excluding hydrogens is 236 g/mol. The van der Waals surface area contributed by atoms with E-state index in [1.807, 2.05) is 13.8 Å². The number of carbonyl (C=O) groups excluding carboxylic acids is 1. The van der Waals surface area contributed by atoms with Gasteiger partial charge in [0.05, 0.1) is 4.92 Å². The van der Waals surface area contributed by atoms with Crippen molar-refractivity contribution in [2.45, 2.75) is 26.3 Å². The summed E-state index contributed by atoms with van der Waals surface area (Å²) in [4.78, 5) is 25.4. The van der Waals surface area contributed by atoms with Crippen molar-refractivity contribution in [1.29, 1.82) is 0 Å². The Bertz CT molecular complexity index is 434. The SMILES string of the molecule is CC(C)NC(=O)CCNc1ncccc1[N+](=O)[O-]. The molecule has 0 bridgehead atoms. The molecule has 0 aliphatic rings. The first-order chi connectivity index (χ1) is 8.50.